The molecule has 8 aromatic carbocycles. The van der Waals surface area contributed by atoms with Gasteiger partial charge in [-0.2, -0.15) is 0 Å². The number of benzene rings is 8. The smallest absolute Gasteiger partial charge is 0.159 e. The molecule has 57 heavy (non-hydrogen) atoms. The number of nitrogens with one attached hydrogen (secondary N) is 1. The average Bonchev–Trinajstić information content (AvgIpc) is 3.97. The van der Waals surface area contributed by atoms with E-state index in [4.69, 9.17) is 9.98 Å². The standard InChI is InChI=1S/C51H32N4S2/c1-3-15-31(16-4-1)49-52-50(32-17-5-2-6-18-32)54-51(53-49)41-27-13-25-38-37-23-11-21-35(45(37)56-47(38)41)36-22-12-24-39-40-26-14-30-44(48(40)57-46(36)39)55-42-28-9-7-19-33(42)34-20-8-10-29-43(34)55/h1-30,51H,(H,52,53,54). The van der Waals surface area contributed by atoms with Gasteiger partial charge in [0.1, 0.15) is 12.0 Å². The second-order valence-electron chi connectivity index (χ2n) is 14.5. The normalized spacial score (nSPS) is 14.5. The first kappa shape index (κ1) is 32.4. The summed E-state index contributed by atoms with van der Waals surface area (Å²) in [5.74, 6) is 1.55. The van der Waals surface area contributed by atoms with Gasteiger partial charge in [-0.25, -0.2) is 9.98 Å². The Bertz CT molecular complexity index is 3390. The van der Waals surface area contributed by atoms with Crippen molar-refractivity contribution in [3.63, 3.8) is 0 Å². The van der Waals surface area contributed by atoms with Crippen LogP contribution in [0.5, 0.6) is 0 Å². The van der Waals surface area contributed by atoms with Crippen LogP contribution < -0.4 is 5.32 Å². The lowest BCUT2D eigenvalue weighted by Gasteiger charge is -2.24. The molecule has 4 heterocycles. The molecule has 1 atom stereocenters. The van der Waals surface area contributed by atoms with Crippen LogP contribution in [0.15, 0.2) is 192 Å². The fourth-order valence-electron chi connectivity index (χ4n) is 8.71. The summed E-state index contributed by atoms with van der Waals surface area (Å²) < 4.78 is 7.58. The van der Waals surface area contributed by atoms with Crippen molar-refractivity contribution in [2.45, 2.75) is 6.17 Å². The molecule has 268 valence electrons. The molecule has 0 saturated carbocycles. The monoisotopic (exact) mass is 764 g/mol. The van der Waals surface area contributed by atoms with Gasteiger partial charge in [0, 0.05) is 74.2 Å². The minimum Gasteiger partial charge on any atom is -0.344 e. The van der Waals surface area contributed by atoms with E-state index in [2.05, 4.69) is 168 Å². The van der Waals surface area contributed by atoms with E-state index in [9.17, 15) is 0 Å². The molecule has 0 fully saturated rings. The van der Waals surface area contributed by atoms with Crippen LogP contribution in [0.2, 0.25) is 0 Å². The predicted octanol–water partition coefficient (Wildman–Crippen LogP) is 13.7. The second kappa shape index (κ2) is 12.8. The van der Waals surface area contributed by atoms with Crippen molar-refractivity contribution in [3.8, 4) is 16.8 Å². The first-order valence-corrected chi connectivity index (χ1v) is 20.8. The number of fused-ring (bicyclic) bond motifs is 9. The van der Waals surface area contributed by atoms with Crippen LogP contribution in [0.3, 0.4) is 0 Å². The molecule has 1 aliphatic rings. The third-order valence-corrected chi connectivity index (χ3v) is 13.9. The van der Waals surface area contributed by atoms with Gasteiger partial charge >= 0.3 is 0 Å². The number of hydrogen-bond acceptors (Lipinski definition) is 5. The molecule has 0 spiro atoms. The maximum Gasteiger partial charge on any atom is 0.159 e. The van der Waals surface area contributed by atoms with Gasteiger partial charge in [0.25, 0.3) is 0 Å². The Kier molecular flexibility index (Phi) is 7.30. The van der Waals surface area contributed by atoms with Crippen molar-refractivity contribution in [3.05, 3.63) is 199 Å². The number of amidine groups is 2. The molecule has 3 aromatic heterocycles. The molecule has 0 aliphatic carbocycles. The van der Waals surface area contributed by atoms with Crippen LogP contribution in [0.4, 0.5) is 0 Å². The number of para-hydroxylation sites is 2. The lowest BCUT2D eigenvalue weighted by Crippen LogP contribution is -2.33. The van der Waals surface area contributed by atoms with Crippen molar-refractivity contribution in [2.24, 2.45) is 9.98 Å². The summed E-state index contributed by atoms with van der Waals surface area (Å²) in [6, 6.07) is 65.2. The molecule has 1 unspecified atom stereocenters. The second-order valence-corrected chi connectivity index (χ2v) is 16.5. The zero-order valence-electron chi connectivity index (χ0n) is 30.6. The molecule has 0 radical (unpaired) electrons. The molecule has 4 nitrogen and oxygen atoms in total. The predicted molar refractivity (Wildman–Crippen MR) is 244 cm³/mol. The summed E-state index contributed by atoms with van der Waals surface area (Å²) in [7, 11) is 0. The van der Waals surface area contributed by atoms with E-state index in [1.54, 1.807) is 0 Å². The van der Waals surface area contributed by atoms with Gasteiger partial charge in [0.2, 0.25) is 0 Å². The van der Waals surface area contributed by atoms with Crippen LogP contribution in [-0.4, -0.2) is 16.2 Å². The van der Waals surface area contributed by atoms with E-state index in [-0.39, 0.29) is 6.17 Å². The molecular formula is C51H32N4S2. The topological polar surface area (TPSA) is 41.7 Å². The largest absolute Gasteiger partial charge is 0.344 e. The van der Waals surface area contributed by atoms with E-state index in [0.29, 0.717) is 0 Å². The fraction of sp³-hybridized carbons (Fsp3) is 0.0196. The summed E-state index contributed by atoms with van der Waals surface area (Å²) in [4.78, 5) is 10.3. The number of hydrogen-bond donors (Lipinski definition) is 1. The Balaban J connectivity index is 1.04. The van der Waals surface area contributed by atoms with Crippen molar-refractivity contribution in [1.82, 2.24) is 9.88 Å². The van der Waals surface area contributed by atoms with Crippen molar-refractivity contribution in [2.75, 3.05) is 0 Å². The van der Waals surface area contributed by atoms with E-state index in [0.717, 1.165) is 28.4 Å². The maximum absolute atomic E-state index is 5.26. The highest BCUT2D eigenvalue weighted by Gasteiger charge is 2.25. The average molecular weight is 765 g/mol. The summed E-state index contributed by atoms with van der Waals surface area (Å²) >= 11 is 3.77. The Morgan fingerprint density at radius 1 is 0.421 bits per heavy atom. The third-order valence-electron chi connectivity index (χ3n) is 11.3. The molecule has 0 saturated heterocycles. The van der Waals surface area contributed by atoms with Crippen LogP contribution in [0, 0.1) is 0 Å². The van der Waals surface area contributed by atoms with Gasteiger partial charge < -0.3 is 9.88 Å². The molecule has 11 aromatic rings. The summed E-state index contributed by atoms with van der Waals surface area (Å²) in [5, 5.41) is 11.3. The number of rotatable bonds is 5. The molecule has 0 amide bonds. The third kappa shape index (κ3) is 5.04. The van der Waals surface area contributed by atoms with E-state index in [1.807, 2.05) is 46.9 Å². The molecule has 1 aliphatic heterocycles. The van der Waals surface area contributed by atoms with Gasteiger partial charge in [0.15, 0.2) is 5.84 Å². The lowest BCUT2D eigenvalue weighted by molar-refractivity contribution is 0.680. The first-order valence-electron chi connectivity index (χ1n) is 19.2. The van der Waals surface area contributed by atoms with Gasteiger partial charge in [-0.3, -0.25) is 0 Å². The van der Waals surface area contributed by atoms with Crippen LogP contribution >= 0.6 is 22.7 Å². The molecule has 1 N–H and O–H groups in total. The summed E-state index contributed by atoms with van der Waals surface area (Å²) in [6.45, 7) is 0. The fourth-order valence-corrected chi connectivity index (χ4v) is 11.4. The van der Waals surface area contributed by atoms with Gasteiger partial charge in [-0.1, -0.05) is 164 Å². The quantitative estimate of drug-likeness (QED) is 0.186. The Hall–Kier alpha value is -6.86. The molecule has 0 bridgehead atoms. The minimum absolute atomic E-state index is 0.307. The van der Waals surface area contributed by atoms with E-state index in [1.165, 1.54) is 79.0 Å². The Labute approximate surface area is 336 Å². The van der Waals surface area contributed by atoms with Gasteiger partial charge in [-0.15, -0.1) is 22.7 Å². The van der Waals surface area contributed by atoms with Gasteiger partial charge in [0.05, 0.1) is 21.4 Å². The van der Waals surface area contributed by atoms with Crippen LogP contribution in [0.25, 0.3) is 79.0 Å². The van der Waals surface area contributed by atoms with Crippen LogP contribution in [0.1, 0.15) is 22.9 Å². The zero-order chi connectivity index (χ0) is 37.5. The van der Waals surface area contributed by atoms with Crippen molar-refractivity contribution >= 4 is 96.5 Å². The Morgan fingerprint density at radius 3 is 1.56 bits per heavy atom. The van der Waals surface area contributed by atoms with Gasteiger partial charge in [-0.05, 0) is 18.2 Å². The number of aliphatic imine (C=N–C) groups is 2. The number of aromatic nitrogens is 1. The van der Waals surface area contributed by atoms with Crippen molar-refractivity contribution in [1.29, 1.82) is 0 Å². The summed E-state index contributed by atoms with van der Waals surface area (Å²) in [5.41, 5.74) is 9.37. The lowest BCUT2D eigenvalue weighted by atomic mass is 10.00. The highest BCUT2D eigenvalue weighted by molar-refractivity contribution is 7.27. The molecular weight excluding hydrogens is 733 g/mol. The Morgan fingerprint density at radius 2 is 0.912 bits per heavy atom. The SMILES string of the molecule is c1ccc(C2=NC(c3cccc4c3sc3c(-c5cccc6c5sc5c(-n7c8ccccc8c8ccccc87)cccc56)cccc34)NC(c3ccccc3)=N2)cc1. The number of nitrogens with zero attached hydrogens (tertiary/aromatic N) is 3. The first-order chi connectivity index (χ1) is 28.3. The minimum atomic E-state index is -0.307. The zero-order valence-corrected chi connectivity index (χ0v) is 32.2. The van der Waals surface area contributed by atoms with Crippen molar-refractivity contribution < 1.29 is 0 Å². The molecule has 12 rings (SSSR count). The molecule has 6 heteroatoms. The van der Waals surface area contributed by atoms with E-state index < -0.39 is 0 Å². The summed E-state index contributed by atoms with van der Waals surface area (Å²) in [6.07, 6.45) is -0.307. The van der Waals surface area contributed by atoms with E-state index >= 15 is 0 Å². The maximum atomic E-state index is 5.26. The van der Waals surface area contributed by atoms with Crippen LogP contribution in [-0.2, 0) is 0 Å². The highest BCUT2D eigenvalue weighted by Crippen LogP contribution is 2.48. The number of thiophene rings is 2. The highest BCUT2D eigenvalue weighted by atomic mass is 32.1.